The first-order valence-electron chi connectivity index (χ1n) is 10.8. The molecule has 4 aromatic rings. The van der Waals surface area contributed by atoms with E-state index >= 15 is 0 Å². The third-order valence-corrected chi connectivity index (χ3v) is 6.00. The van der Waals surface area contributed by atoms with Crippen LogP contribution >= 0.6 is 0 Å². The minimum Gasteiger partial charge on any atom is -0.385 e. The summed E-state index contributed by atoms with van der Waals surface area (Å²) in [5.74, 6) is 0. The molecule has 0 N–H and O–H groups in total. The summed E-state index contributed by atoms with van der Waals surface area (Å²) in [6.07, 6.45) is 0.920. The van der Waals surface area contributed by atoms with Crippen molar-refractivity contribution >= 4 is 16.7 Å². The molecule has 0 atom stereocenters. The molecular weight excluding hydrogens is 388 g/mol. The first-order valence-corrected chi connectivity index (χ1v) is 10.8. The number of aromatic nitrogens is 4. The lowest BCUT2D eigenvalue weighted by Gasteiger charge is -2.13. The summed E-state index contributed by atoms with van der Waals surface area (Å²) in [5.41, 5.74) is 11.3. The van der Waals surface area contributed by atoms with Crippen LogP contribution in [0.15, 0.2) is 18.2 Å². The maximum absolute atomic E-state index is 5.50. The fourth-order valence-electron chi connectivity index (χ4n) is 4.82. The number of ether oxygens (including phenoxy) is 2. The Kier molecular flexibility index (Phi) is 5.86. The Bertz CT molecular complexity index is 1240. The molecular formula is C25H32N4O2. The van der Waals surface area contributed by atoms with E-state index in [-0.39, 0.29) is 0 Å². The summed E-state index contributed by atoms with van der Waals surface area (Å²) in [6, 6.07) is 6.66. The van der Waals surface area contributed by atoms with Crippen molar-refractivity contribution in [2.24, 2.45) is 0 Å². The van der Waals surface area contributed by atoms with Gasteiger partial charge < -0.3 is 14.0 Å². The van der Waals surface area contributed by atoms with Crippen molar-refractivity contribution < 1.29 is 9.47 Å². The third-order valence-electron chi connectivity index (χ3n) is 6.00. The predicted molar refractivity (Wildman–Crippen MR) is 125 cm³/mol. The van der Waals surface area contributed by atoms with Crippen molar-refractivity contribution in [1.29, 1.82) is 0 Å². The van der Waals surface area contributed by atoms with Crippen LogP contribution in [0.2, 0.25) is 0 Å². The van der Waals surface area contributed by atoms with Gasteiger partial charge in [-0.05, 0) is 63.8 Å². The molecule has 0 bridgehead atoms. The average molecular weight is 421 g/mol. The fourth-order valence-corrected chi connectivity index (χ4v) is 4.82. The summed E-state index contributed by atoms with van der Waals surface area (Å²) in [4.78, 5) is 5.04. The lowest BCUT2D eigenvalue weighted by atomic mass is 9.94. The van der Waals surface area contributed by atoms with Gasteiger partial charge in [-0.15, -0.1) is 0 Å². The van der Waals surface area contributed by atoms with Crippen molar-refractivity contribution in [2.75, 3.05) is 20.8 Å². The summed E-state index contributed by atoms with van der Waals surface area (Å²) in [6.45, 7) is 12.8. The summed E-state index contributed by atoms with van der Waals surface area (Å²) < 4.78 is 15.1. The second kappa shape index (κ2) is 8.44. The molecule has 31 heavy (non-hydrogen) atoms. The van der Waals surface area contributed by atoms with Gasteiger partial charge in [0.25, 0.3) is 0 Å². The summed E-state index contributed by atoms with van der Waals surface area (Å²) in [5, 5.41) is 6.10. The van der Waals surface area contributed by atoms with Gasteiger partial charge in [0, 0.05) is 38.5 Å². The van der Waals surface area contributed by atoms with Crippen molar-refractivity contribution in [3.05, 3.63) is 52.0 Å². The monoisotopic (exact) mass is 420 g/mol. The first-order chi connectivity index (χ1) is 14.9. The molecule has 0 aliphatic heterocycles. The lowest BCUT2D eigenvalue weighted by Crippen LogP contribution is -2.09. The van der Waals surface area contributed by atoms with Crippen molar-refractivity contribution in [2.45, 2.75) is 54.2 Å². The zero-order valence-electron chi connectivity index (χ0n) is 19.7. The number of hydrogen-bond donors (Lipinski definition) is 0. The highest BCUT2D eigenvalue weighted by Gasteiger charge is 2.22. The fraction of sp³-hybridized carbons (Fsp3) is 0.440. The minimum absolute atomic E-state index is 0.548. The number of aryl methyl sites for hydroxylation is 6. The highest BCUT2D eigenvalue weighted by atomic mass is 16.5. The molecule has 0 amide bonds. The van der Waals surface area contributed by atoms with Gasteiger partial charge in [0.1, 0.15) is 5.65 Å². The van der Waals surface area contributed by atoms with E-state index in [1.807, 2.05) is 4.52 Å². The summed E-state index contributed by atoms with van der Waals surface area (Å²) >= 11 is 0. The van der Waals surface area contributed by atoms with E-state index in [9.17, 15) is 0 Å². The zero-order chi connectivity index (χ0) is 22.3. The second-order valence-electron chi connectivity index (χ2n) is 8.47. The van der Waals surface area contributed by atoms with E-state index in [2.05, 4.69) is 57.4 Å². The van der Waals surface area contributed by atoms with Gasteiger partial charge in [-0.1, -0.05) is 17.7 Å². The molecule has 0 saturated heterocycles. The SMILES string of the molecule is COCCCn1c(COC)cc2c(C)nc3c(-c4c(C)cc(C)cc4C)c(C)nn3c21. The number of hydrogen-bond acceptors (Lipinski definition) is 4. The van der Waals surface area contributed by atoms with Crippen LogP contribution in [0.3, 0.4) is 0 Å². The Morgan fingerprint density at radius 3 is 2.23 bits per heavy atom. The summed E-state index contributed by atoms with van der Waals surface area (Å²) in [7, 11) is 3.47. The van der Waals surface area contributed by atoms with Gasteiger partial charge in [0.15, 0.2) is 5.65 Å². The van der Waals surface area contributed by atoms with E-state index in [0.29, 0.717) is 13.2 Å². The molecule has 0 aliphatic carbocycles. The van der Waals surface area contributed by atoms with E-state index in [4.69, 9.17) is 19.6 Å². The third kappa shape index (κ3) is 3.64. The Morgan fingerprint density at radius 1 is 0.871 bits per heavy atom. The van der Waals surface area contributed by atoms with Crippen LogP contribution < -0.4 is 0 Å². The van der Waals surface area contributed by atoms with Crippen LogP contribution in [0, 0.1) is 34.6 Å². The molecule has 0 fully saturated rings. The van der Waals surface area contributed by atoms with Gasteiger partial charge >= 0.3 is 0 Å². The Hall–Kier alpha value is -2.70. The average Bonchev–Trinajstić information content (AvgIpc) is 3.21. The molecule has 0 saturated carbocycles. The predicted octanol–water partition coefficient (Wildman–Crippen LogP) is 5.08. The van der Waals surface area contributed by atoms with Gasteiger partial charge in [-0.2, -0.15) is 9.61 Å². The number of rotatable bonds is 7. The second-order valence-corrected chi connectivity index (χ2v) is 8.47. The van der Waals surface area contributed by atoms with E-state index in [1.165, 1.54) is 22.3 Å². The van der Waals surface area contributed by atoms with Gasteiger partial charge in [-0.3, -0.25) is 0 Å². The number of methoxy groups -OCH3 is 2. The van der Waals surface area contributed by atoms with Crippen LogP contribution in [0.5, 0.6) is 0 Å². The standard InChI is InChI=1S/C25H32N4O2/c1-15-11-16(2)22(17(3)12-15)23-19(5)27-29-24(23)26-18(4)21-13-20(14-31-7)28(25(21)29)9-8-10-30-6/h11-13H,8-10,14H2,1-7H3. The molecule has 0 unspecified atom stereocenters. The van der Waals surface area contributed by atoms with E-state index < -0.39 is 0 Å². The van der Waals surface area contributed by atoms with Crippen LogP contribution in [0.25, 0.3) is 27.8 Å². The Labute approximate surface area is 183 Å². The van der Waals surface area contributed by atoms with Crippen molar-refractivity contribution in [3.8, 4) is 11.1 Å². The van der Waals surface area contributed by atoms with E-state index in [1.54, 1.807) is 14.2 Å². The molecule has 6 heteroatoms. The molecule has 3 aromatic heterocycles. The van der Waals surface area contributed by atoms with Gasteiger partial charge in [-0.25, -0.2) is 4.98 Å². The molecule has 0 aliphatic rings. The van der Waals surface area contributed by atoms with E-state index in [0.717, 1.165) is 52.3 Å². The van der Waals surface area contributed by atoms with Crippen LogP contribution in [0.4, 0.5) is 0 Å². The number of fused-ring (bicyclic) bond motifs is 3. The van der Waals surface area contributed by atoms with Crippen molar-refractivity contribution in [3.63, 3.8) is 0 Å². The Balaban J connectivity index is 2.04. The van der Waals surface area contributed by atoms with Crippen molar-refractivity contribution in [1.82, 2.24) is 19.2 Å². The molecule has 0 radical (unpaired) electrons. The highest BCUT2D eigenvalue weighted by molar-refractivity contribution is 5.90. The first kappa shape index (κ1) is 21.5. The van der Waals surface area contributed by atoms with Crippen LogP contribution in [-0.4, -0.2) is 40.0 Å². The van der Waals surface area contributed by atoms with Gasteiger partial charge in [0.2, 0.25) is 0 Å². The smallest absolute Gasteiger partial charge is 0.165 e. The molecule has 1 aromatic carbocycles. The largest absolute Gasteiger partial charge is 0.385 e. The van der Waals surface area contributed by atoms with Gasteiger partial charge in [0.05, 0.1) is 23.6 Å². The normalized spacial score (nSPS) is 11.8. The van der Waals surface area contributed by atoms with Crippen LogP contribution in [-0.2, 0) is 22.6 Å². The topological polar surface area (TPSA) is 53.6 Å². The highest BCUT2D eigenvalue weighted by Crippen LogP contribution is 2.35. The molecule has 3 heterocycles. The maximum Gasteiger partial charge on any atom is 0.165 e. The lowest BCUT2D eigenvalue weighted by molar-refractivity contribution is 0.173. The van der Waals surface area contributed by atoms with Crippen LogP contribution in [0.1, 0.15) is 40.2 Å². The number of benzene rings is 1. The molecule has 4 rings (SSSR count). The number of nitrogens with zero attached hydrogens (tertiary/aromatic N) is 4. The Morgan fingerprint density at radius 2 is 1.58 bits per heavy atom. The molecule has 164 valence electrons. The molecule has 0 spiro atoms. The maximum atomic E-state index is 5.50. The zero-order valence-corrected chi connectivity index (χ0v) is 19.7. The minimum atomic E-state index is 0.548. The quantitative estimate of drug-likeness (QED) is 0.392. The molecule has 6 nitrogen and oxygen atoms in total.